The summed E-state index contributed by atoms with van der Waals surface area (Å²) in [5, 5.41) is 11.0. The van der Waals surface area contributed by atoms with Crippen LogP contribution in [0, 0.1) is 10.1 Å². The summed E-state index contributed by atoms with van der Waals surface area (Å²) in [4.78, 5) is 12.1. The zero-order valence-electron chi connectivity index (χ0n) is 13.0. The highest BCUT2D eigenvalue weighted by Crippen LogP contribution is 2.41. The van der Waals surface area contributed by atoms with Crippen LogP contribution in [0.15, 0.2) is 23.8 Å². The minimum absolute atomic E-state index is 0.117. The summed E-state index contributed by atoms with van der Waals surface area (Å²) in [5.74, 6) is 0.764. The monoisotopic (exact) mass is 317 g/mol. The van der Waals surface area contributed by atoms with Crippen LogP contribution in [-0.2, 0) is 4.74 Å². The fourth-order valence-corrected chi connectivity index (χ4v) is 4.09. The van der Waals surface area contributed by atoms with Gasteiger partial charge in [0, 0.05) is 29.7 Å². The van der Waals surface area contributed by atoms with E-state index in [0.717, 1.165) is 63.3 Å². The molecule has 1 unspecified atom stereocenters. The molecule has 1 N–H and O–H groups in total. The van der Waals surface area contributed by atoms with Gasteiger partial charge in [-0.2, -0.15) is 0 Å². The van der Waals surface area contributed by atoms with E-state index >= 15 is 0 Å². The van der Waals surface area contributed by atoms with E-state index in [1.807, 2.05) is 0 Å². The van der Waals surface area contributed by atoms with Crippen LogP contribution in [0.3, 0.4) is 0 Å². The molecule has 122 valence electrons. The average Bonchev–Trinajstić information content (AvgIpc) is 2.60. The molecule has 1 atom stereocenters. The van der Waals surface area contributed by atoms with E-state index in [9.17, 15) is 10.1 Å². The van der Waals surface area contributed by atoms with Gasteiger partial charge in [0.25, 0.3) is 11.4 Å². The molecule has 2 fully saturated rings. The fraction of sp³-hybridized carbons (Fsp3) is 0.529. The molecule has 0 bridgehead atoms. The lowest BCUT2D eigenvalue weighted by Crippen LogP contribution is -3.23. The SMILES string of the molecule is O=[N+]([O-])c1ccc2c(c1)C=C1CCCCC1([NH+]1CCOCC1)O2. The normalized spacial score (nSPS) is 27.4. The van der Waals surface area contributed by atoms with Gasteiger partial charge in [-0.3, -0.25) is 15.0 Å². The lowest BCUT2D eigenvalue weighted by atomic mass is 9.82. The van der Waals surface area contributed by atoms with Crippen molar-refractivity contribution >= 4 is 11.8 Å². The summed E-state index contributed by atoms with van der Waals surface area (Å²) < 4.78 is 12.0. The number of nitrogens with zero attached hydrogens (tertiary/aromatic N) is 1. The molecule has 1 aromatic carbocycles. The summed E-state index contributed by atoms with van der Waals surface area (Å²) in [6, 6.07) is 4.90. The molecule has 6 nitrogen and oxygen atoms in total. The number of benzene rings is 1. The van der Waals surface area contributed by atoms with Crippen molar-refractivity contribution in [2.45, 2.75) is 31.4 Å². The first-order valence-electron chi connectivity index (χ1n) is 8.30. The molecule has 0 spiro atoms. The van der Waals surface area contributed by atoms with Crippen LogP contribution in [0.1, 0.15) is 31.2 Å². The second-order valence-electron chi connectivity index (χ2n) is 6.50. The first-order valence-corrected chi connectivity index (χ1v) is 8.30. The highest BCUT2D eigenvalue weighted by molar-refractivity contribution is 5.66. The third-order valence-electron chi connectivity index (χ3n) is 5.23. The van der Waals surface area contributed by atoms with Crippen LogP contribution in [0.2, 0.25) is 0 Å². The van der Waals surface area contributed by atoms with E-state index in [1.165, 1.54) is 16.5 Å². The summed E-state index contributed by atoms with van der Waals surface area (Å²) in [7, 11) is 0. The molecule has 0 amide bonds. The predicted molar refractivity (Wildman–Crippen MR) is 84.4 cm³/mol. The van der Waals surface area contributed by atoms with E-state index in [4.69, 9.17) is 9.47 Å². The smallest absolute Gasteiger partial charge is 0.270 e. The maximum absolute atomic E-state index is 11.0. The molecule has 1 saturated carbocycles. The Balaban J connectivity index is 1.75. The molecule has 1 aliphatic carbocycles. The van der Waals surface area contributed by atoms with Crippen molar-refractivity contribution in [1.82, 2.24) is 0 Å². The number of non-ortho nitro benzene ring substituents is 1. The first kappa shape index (κ1) is 14.7. The molecule has 0 radical (unpaired) electrons. The van der Waals surface area contributed by atoms with E-state index in [0.29, 0.717) is 0 Å². The van der Waals surface area contributed by atoms with Gasteiger partial charge in [-0.25, -0.2) is 0 Å². The molecule has 0 aromatic heterocycles. The molecule has 2 heterocycles. The van der Waals surface area contributed by atoms with Crippen LogP contribution in [-0.4, -0.2) is 37.0 Å². The van der Waals surface area contributed by atoms with Crippen molar-refractivity contribution in [2.75, 3.05) is 26.3 Å². The molecular formula is C17H21N2O4+. The van der Waals surface area contributed by atoms with Gasteiger partial charge >= 0.3 is 0 Å². The number of morpholine rings is 1. The zero-order valence-corrected chi connectivity index (χ0v) is 13.0. The molecule has 4 rings (SSSR count). The third kappa shape index (κ3) is 2.42. The zero-order chi connectivity index (χ0) is 15.9. The van der Waals surface area contributed by atoms with E-state index < -0.39 is 0 Å². The number of ether oxygens (including phenoxy) is 2. The lowest BCUT2D eigenvalue weighted by molar-refractivity contribution is -0.975. The Kier molecular flexibility index (Phi) is 3.58. The van der Waals surface area contributed by atoms with Gasteiger partial charge in [-0.15, -0.1) is 0 Å². The average molecular weight is 317 g/mol. The minimum Gasteiger partial charge on any atom is -0.436 e. The Morgan fingerprint density at radius 3 is 2.83 bits per heavy atom. The molecule has 1 aromatic rings. The Morgan fingerprint density at radius 2 is 2.04 bits per heavy atom. The van der Waals surface area contributed by atoms with E-state index in [2.05, 4.69) is 6.08 Å². The minimum atomic E-state index is -0.352. The van der Waals surface area contributed by atoms with Crippen molar-refractivity contribution in [3.8, 4) is 5.75 Å². The van der Waals surface area contributed by atoms with Crippen molar-refractivity contribution in [2.24, 2.45) is 0 Å². The molecular weight excluding hydrogens is 296 g/mol. The highest BCUT2D eigenvalue weighted by atomic mass is 16.6. The van der Waals surface area contributed by atoms with E-state index in [-0.39, 0.29) is 16.3 Å². The Hall–Kier alpha value is -1.92. The quantitative estimate of drug-likeness (QED) is 0.664. The molecule has 23 heavy (non-hydrogen) atoms. The standard InChI is InChI=1S/C17H20N2O4/c20-19(21)15-4-5-16-13(12-15)11-14-3-1-2-6-17(14,23-16)18-7-9-22-10-8-18/h4-5,11-12H,1-3,6-10H2/p+1. The number of rotatable bonds is 2. The van der Waals surface area contributed by atoms with Crippen molar-refractivity contribution in [1.29, 1.82) is 0 Å². The van der Waals surface area contributed by atoms with Crippen molar-refractivity contribution in [3.63, 3.8) is 0 Å². The van der Waals surface area contributed by atoms with Gasteiger partial charge in [0.1, 0.15) is 18.8 Å². The Bertz CT molecular complexity index is 667. The molecule has 6 heteroatoms. The van der Waals surface area contributed by atoms with Crippen LogP contribution in [0.25, 0.3) is 6.08 Å². The Morgan fingerprint density at radius 1 is 1.22 bits per heavy atom. The van der Waals surface area contributed by atoms with Gasteiger partial charge in [-0.1, -0.05) is 0 Å². The van der Waals surface area contributed by atoms with Gasteiger partial charge in [0.15, 0.2) is 0 Å². The maximum Gasteiger partial charge on any atom is 0.270 e. The predicted octanol–water partition coefficient (Wildman–Crippen LogP) is 1.56. The second kappa shape index (κ2) is 5.62. The molecule has 2 aliphatic heterocycles. The van der Waals surface area contributed by atoms with Crippen LogP contribution in [0.4, 0.5) is 5.69 Å². The fourth-order valence-electron chi connectivity index (χ4n) is 4.09. The van der Waals surface area contributed by atoms with Gasteiger partial charge in [-0.05, 0) is 31.4 Å². The highest BCUT2D eigenvalue weighted by Gasteiger charge is 2.50. The number of nitro groups is 1. The topological polar surface area (TPSA) is 66.0 Å². The number of nitro benzene ring substituents is 1. The van der Waals surface area contributed by atoms with E-state index in [1.54, 1.807) is 12.1 Å². The largest absolute Gasteiger partial charge is 0.436 e. The van der Waals surface area contributed by atoms with Gasteiger partial charge in [0.2, 0.25) is 0 Å². The van der Waals surface area contributed by atoms with Gasteiger partial charge < -0.3 is 9.47 Å². The summed E-state index contributed by atoms with van der Waals surface area (Å²) >= 11 is 0. The summed E-state index contributed by atoms with van der Waals surface area (Å²) in [6.07, 6.45) is 6.46. The molecule has 1 saturated heterocycles. The second-order valence-corrected chi connectivity index (χ2v) is 6.50. The van der Waals surface area contributed by atoms with Crippen molar-refractivity contribution in [3.05, 3.63) is 39.4 Å². The summed E-state index contributed by atoms with van der Waals surface area (Å²) in [5.41, 5.74) is 1.93. The van der Waals surface area contributed by atoms with Crippen LogP contribution in [0.5, 0.6) is 5.75 Å². The van der Waals surface area contributed by atoms with Crippen molar-refractivity contribution < 1.29 is 19.3 Å². The number of quaternary nitrogens is 1. The third-order valence-corrected chi connectivity index (χ3v) is 5.23. The Labute approximate surface area is 134 Å². The number of nitrogens with one attached hydrogen (secondary N) is 1. The number of fused-ring (bicyclic) bond motifs is 2. The maximum atomic E-state index is 11.0. The summed E-state index contributed by atoms with van der Waals surface area (Å²) in [6.45, 7) is 3.42. The van der Waals surface area contributed by atoms with Crippen LogP contribution >= 0.6 is 0 Å². The number of hydrogen-bond donors (Lipinski definition) is 1. The van der Waals surface area contributed by atoms with Gasteiger partial charge in [0.05, 0.1) is 18.1 Å². The molecule has 3 aliphatic rings. The number of hydrogen-bond acceptors (Lipinski definition) is 4. The van der Waals surface area contributed by atoms with Crippen LogP contribution < -0.4 is 9.64 Å². The first-order chi connectivity index (χ1) is 11.2. The lowest BCUT2D eigenvalue weighted by Gasteiger charge is -2.47.